The van der Waals surface area contributed by atoms with Crippen molar-refractivity contribution in [2.24, 2.45) is 0 Å². The first-order valence-corrected chi connectivity index (χ1v) is 20.5. The van der Waals surface area contributed by atoms with Crippen LogP contribution in [0.1, 0.15) is 5.56 Å². The van der Waals surface area contributed by atoms with Gasteiger partial charge in [0.2, 0.25) is 5.95 Å². The van der Waals surface area contributed by atoms with Gasteiger partial charge in [0.05, 0.1) is 38.8 Å². The van der Waals surface area contributed by atoms with Crippen molar-refractivity contribution in [1.29, 1.82) is 0 Å². The Morgan fingerprint density at radius 2 is 1.26 bits per heavy atom. The number of aryl methyl sites for hydroxylation is 1. The Morgan fingerprint density at radius 3 is 2.10 bits per heavy atom. The molecule has 0 saturated heterocycles. The second-order valence-corrected chi connectivity index (χ2v) is 16.4. The van der Waals surface area contributed by atoms with E-state index in [2.05, 4.69) is 180 Å². The fraction of sp³-hybridized carbons (Fsp3) is 0.0189. The summed E-state index contributed by atoms with van der Waals surface area (Å²) in [5, 5.41) is 14.1. The smallest absolute Gasteiger partial charge is 0.235 e. The SMILES string of the molecule is C=C/C=c1/c2cc3ccccc3c3c2c2c(cc4sc5ccccc5c4c2n2c1c(C)c1ccccc12)n3-c1nc(-c2ccccc2)c2ccc3ccccc3c2n1. The molecule has 0 aliphatic carbocycles. The average Bonchev–Trinajstić information content (AvgIpc) is 3.89. The molecule has 0 aliphatic rings. The van der Waals surface area contributed by atoms with Crippen LogP contribution in [0.4, 0.5) is 0 Å². The molecule has 5 heteroatoms. The minimum atomic E-state index is 0.653. The Balaban J connectivity index is 1.39. The Kier molecular flexibility index (Phi) is 6.37. The average molecular weight is 757 g/mol. The molecule has 13 rings (SSSR count). The molecule has 0 aliphatic heterocycles. The third-order valence-corrected chi connectivity index (χ3v) is 13.5. The van der Waals surface area contributed by atoms with Crippen molar-refractivity contribution in [1.82, 2.24) is 18.9 Å². The molecule has 5 heterocycles. The number of thiophene rings is 1. The number of hydrogen-bond donors (Lipinski definition) is 0. The molecule has 270 valence electrons. The summed E-state index contributed by atoms with van der Waals surface area (Å²) in [5.41, 5.74) is 9.94. The van der Waals surface area contributed by atoms with E-state index in [1.807, 2.05) is 17.4 Å². The zero-order valence-electron chi connectivity index (χ0n) is 31.5. The molecule has 13 aromatic rings. The zero-order chi connectivity index (χ0) is 38.2. The summed E-state index contributed by atoms with van der Waals surface area (Å²) in [5.74, 6) is 0.653. The van der Waals surface area contributed by atoms with Crippen LogP contribution in [0.3, 0.4) is 0 Å². The molecule has 0 amide bonds. The van der Waals surface area contributed by atoms with E-state index in [0.29, 0.717) is 5.95 Å². The van der Waals surface area contributed by atoms with Gasteiger partial charge in [-0.05, 0) is 59.0 Å². The highest BCUT2D eigenvalue weighted by Crippen LogP contribution is 2.48. The Morgan fingerprint density at radius 1 is 0.534 bits per heavy atom. The number of para-hydroxylation sites is 1. The van der Waals surface area contributed by atoms with E-state index >= 15 is 0 Å². The molecule has 0 fully saturated rings. The molecule has 5 aromatic heterocycles. The van der Waals surface area contributed by atoms with Crippen LogP contribution in [-0.2, 0) is 0 Å². The maximum absolute atomic E-state index is 5.64. The first-order chi connectivity index (χ1) is 28.7. The summed E-state index contributed by atoms with van der Waals surface area (Å²) in [6.45, 7) is 6.56. The fourth-order valence-corrected chi connectivity index (χ4v) is 11.1. The van der Waals surface area contributed by atoms with Gasteiger partial charge >= 0.3 is 0 Å². The third-order valence-electron chi connectivity index (χ3n) is 12.4. The van der Waals surface area contributed by atoms with E-state index in [9.17, 15) is 0 Å². The minimum absolute atomic E-state index is 0.653. The lowest BCUT2D eigenvalue weighted by Crippen LogP contribution is -2.07. The van der Waals surface area contributed by atoms with Gasteiger partial charge in [-0.15, -0.1) is 11.3 Å². The number of hydrogen-bond acceptors (Lipinski definition) is 3. The van der Waals surface area contributed by atoms with Gasteiger partial charge in [0.25, 0.3) is 0 Å². The number of benzene rings is 8. The first-order valence-electron chi connectivity index (χ1n) is 19.7. The normalized spacial score (nSPS) is 12.7. The van der Waals surface area contributed by atoms with Gasteiger partial charge in [-0.3, -0.25) is 4.57 Å². The standard InChI is InChI=1S/C53H32N4S/c1-3-15-37-40-28-33-19-8-10-22-36(33)51-46(40)47-42(57(51)53-54-48(32-17-5-4-6-18-32)39-27-26-31-16-7-9-21-35(31)49(39)55-53)29-44-45(38-23-12-14-25-43(38)58-44)52(47)56-41-24-13-11-20-34(41)30(2)50(37)56/h3-29H,1H2,2H3/b37-15-. The Labute approximate surface area is 335 Å². The minimum Gasteiger partial charge on any atom is -0.308 e. The van der Waals surface area contributed by atoms with E-state index in [1.165, 1.54) is 63.8 Å². The van der Waals surface area contributed by atoms with Crippen LogP contribution in [0.2, 0.25) is 0 Å². The monoisotopic (exact) mass is 756 g/mol. The van der Waals surface area contributed by atoms with Crippen LogP contribution >= 0.6 is 11.3 Å². The van der Waals surface area contributed by atoms with Crippen LogP contribution in [0.25, 0.3) is 125 Å². The molecule has 8 aromatic carbocycles. The Bertz CT molecular complexity index is 4000. The summed E-state index contributed by atoms with van der Waals surface area (Å²) < 4.78 is 7.43. The molecule has 0 N–H and O–H groups in total. The van der Waals surface area contributed by atoms with Gasteiger partial charge in [0, 0.05) is 63.3 Å². The van der Waals surface area contributed by atoms with Crippen molar-refractivity contribution >= 4 is 119 Å². The van der Waals surface area contributed by atoms with E-state index in [0.717, 1.165) is 60.0 Å². The number of fused-ring (bicyclic) bond motifs is 13. The molecule has 58 heavy (non-hydrogen) atoms. The van der Waals surface area contributed by atoms with Crippen molar-refractivity contribution in [2.75, 3.05) is 0 Å². The topological polar surface area (TPSA) is 35.1 Å². The summed E-state index contributed by atoms with van der Waals surface area (Å²) in [6, 6.07) is 54.9. The van der Waals surface area contributed by atoms with Gasteiger partial charge in [-0.25, -0.2) is 9.97 Å². The largest absolute Gasteiger partial charge is 0.308 e. The summed E-state index contributed by atoms with van der Waals surface area (Å²) in [4.78, 5) is 11.3. The van der Waals surface area contributed by atoms with Crippen molar-refractivity contribution in [3.05, 3.63) is 175 Å². The van der Waals surface area contributed by atoms with E-state index in [4.69, 9.17) is 9.97 Å². The highest BCUT2D eigenvalue weighted by molar-refractivity contribution is 7.26. The maximum atomic E-state index is 5.64. The lowest BCUT2D eigenvalue weighted by atomic mass is 9.99. The fourth-order valence-electron chi connectivity index (χ4n) is 9.99. The number of aromatic nitrogens is 4. The quantitative estimate of drug-likeness (QED) is 0.168. The summed E-state index contributed by atoms with van der Waals surface area (Å²) in [7, 11) is 0. The van der Waals surface area contributed by atoms with Crippen LogP contribution in [0.15, 0.2) is 164 Å². The molecular formula is C53H32N4S. The van der Waals surface area contributed by atoms with Crippen LogP contribution in [-0.4, -0.2) is 18.9 Å². The van der Waals surface area contributed by atoms with Crippen molar-refractivity contribution in [3.63, 3.8) is 0 Å². The maximum Gasteiger partial charge on any atom is 0.235 e. The van der Waals surface area contributed by atoms with Crippen molar-refractivity contribution in [3.8, 4) is 17.2 Å². The second-order valence-electron chi connectivity index (χ2n) is 15.4. The first kappa shape index (κ1) is 31.8. The lowest BCUT2D eigenvalue weighted by molar-refractivity contribution is 1.02. The molecule has 0 spiro atoms. The highest BCUT2D eigenvalue weighted by atomic mass is 32.1. The van der Waals surface area contributed by atoms with Crippen molar-refractivity contribution < 1.29 is 0 Å². The zero-order valence-corrected chi connectivity index (χ0v) is 32.3. The predicted octanol–water partition coefficient (Wildman–Crippen LogP) is 13.6. The van der Waals surface area contributed by atoms with E-state index < -0.39 is 0 Å². The molecule has 4 nitrogen and oxygen atoms in total. The van der Waals surface area contributed by atoms with Crippen molar-refractivity contribution in [2.45, 2.75) is 6.92 Å². The highest BCUT2D eigenvalue weighted by Gasteiger charge is 2.27. The van der Waals surface area contributed by atoms with Crippen LogP contribution in [0, 0.1) is 6.92 Å². The number of nitrogens with zero attached hydrogens (tertiary/aromatic N) is 4. The Hall–Kier alpha value is -7.34. The van der Waals surface area contributed by atoms with Gasteiger partial charge in [-0.1, -0.05) is 140 Å². The molecule has 0 bridgehead atoms. The van der Waals surface area contributed by atoms with Crippen LogP contribution in [0.5, 0.6) is 0 Å². The predicted molar refractivity (Wildman–Crippen MR) is 248 cm³/mol. The third kappa shape index (κ3) is 4.08. The summed E-state index contributed by atoms with van der Waals surface area (Å²) >= 11 is 1.86. The summed E-state index contributed by atoms with van der Waals surface area (Å²) in [6.07, 6.45) is 4.16. The van der Waals surface area contributed by atoms with Gasteiger partial charge in [0.1, 0.15) is 0 Å². The second kappa shape index (κ2) is 11.6. The molecular weight excluding hydrogens is 725 g/mol. The van der Waals surface area contributed by atoms with Gasteiger partial charge in [0.15, 0.2) is 0 Å². The van der Waals surface area contributed by atoms with Gasteiger partial charge < -0.3 is 4.40 Å². The van der Waals surface area contributed by atoms with E-state index in [-0.39, 0.29) is 0 Å². The van der Waals surface area contributed by atoms with Crippen LogP contribution < -0.4 is 5.22 Å². The number of allylic oxidation sites excluding steroid dienone is 1. The number of rotatable bonds is 3. The lowest BCUT2D eigenvalue weighted by Gasteiger charge is -2.14. The molecule has 0 saturated carbocycles. The molecule has 0 radical (unpaired) electrons. The van der Waals surface area contributed by atoms with E-state index in [1.54, 1.807) is 0 Å². The van der Waals surface area contributed by atoms with Gasteiger partial charge in [-0.2, -0.15) is 0 Å². The molecule has 0 atom stereocenters. The molecule has 0 unspecified atom stereocenters.